The summed E-state index contributed by atoms with van der Waals surface area (Å²) in [5, 5.41) is 36.8. The number of nitrogens with zero attached hydrogens (tertiary/aromatic N) is 5. The smallest absolute Gasteiger partial charge is 0.264 e. The topological polar surface area (TPSA) is 118 Å². The highest BCUT2D eigenvalue weighted by atomic mass is 16.8. The Labute approximate surface area is 117 Å². The lowest BCUT2D eigenvalue weighted by atomic mass is 10.3. The molecule has 1 aromatic heterocycles. The lowest BCUT2D eigenvalue weighted by molar-refractivity contribution is -0.384. The van der Waals surface area contributed by atoms with E-state index in [1.807, 2.05) is 0 Å². The van der Waals surface area contributed by atoms with Gasteiger partial charge in [0.15, 0.2) is 0 Å². The average Bonchev–Trinajstić information content (AvgIpc) is 2.90. The van der Waals surface area contributed by atoms with Crippen molar-refractivity contribution in [2.24, 2.45) is 0 Å². The van der Waals surface area contributed by atoms with Crippen LogP contribution in [0.4, 0.5) is 11.4 Å². The minimum Gasteiger partial charge on any atom is -0.264 e. The summed E-state index contributed by atoms with van der Waals surface area (Å²) in [5.74, 6) is 0. The molecular formula is C12H9N5O4. The molecule has 9 heteroatoms. The molecule has 0 amide bonds. The molecule has 21 heavy (non-hydrogen) atoms. The Morgan fingerprint density at radius 1 is 1.05 bits per heavy atom. The largest absolute Gasteiger partial charge is 0.271 e. The first-order chi connectivity index (χ1) is 10.0. The molecule has 3 aromatic rings. The number of non-ortho nitro benzene ring substituents is 1. The highest BCUT2D eigenvalue weighted by molar-refractivity contribution is 5.76. The number of hydrogen-bond acceptors (Lipinski definition) is 7. The molecule has 0 atom stereocenters. The van der Waals surface area contributed by atoms with E-state index in [0.717, 1.165) is 0 Å². The monoisotopic (exact) mass is 287 g/mol. The number of nitro benzene ring substituents is 1. The van der Waals surface area contributed by atoms with E-state index in [9.17, 15) is 10.1 Å². The zero-order valence-electron chi connectivity index (χ0n) is 10.5. The van der Waals surface area contributed by atoms with Crippen molar-refractivity contribution in [1.29, 1.82) is 0 Å². The third-order valence-corrected chi connectivity index (χ3v) is 2.89. The van der Waals surface area contributed by atoms with Crippen LogP contribution in [0.3, 0.4) is 0 Å². The molecule has 1 heterocycles. The van der Waals surface area contributed by atoms with E-state index >= 15 is 0 Å². The quantitative estimate of drug-likeness (QED) is 0.558. The van der Waals surface area contributed by atoms with Gasteiger partial charge in [-0.1, -0.05) is 0 Å². The zero-order chi connectivity index (χ0) is 15.0. The minimum atomic E-state index is -0.496. The predicted molar refractivity (Wildman–Crippen MR) is 71.6 cm³/mol. The molecule has 0 unspecified atom stereocenters. The van der Waals surface area contributed by atoms with Crippen LogP contribution >= 0.6 is 0 Å². The maximum Gasteiger partial charge on any atom is 0.271 e. The summed E-state index contributed by atoms with van der Waals surface area (Å²) < 4.78 is 0. The van der Waals surface area contributed by atoms with E-state index < -0.39 is 4.92 Å². The van der Waals surface area contributed by atoms with E-state index in [1.165, 1.54) is 35.1 Å². The van der Waals surface area contributed by atoms with Crippen molar-refractivity contribution in [1.82, 2.24) is 15.0 Å². The number of rotatable bonds is 3. The fourth-order valence-electron chi connectivity index (χ4n) is 1.85. The van der Waals surface area contributed by atoms with Gasteiger partial charge in [-0.15, -0.1) is 15.4 Å². The first-order valence-electron chi connectivity index (χ1n) is 5.84. The van der Waals surface area contributed by atoms with Crippen LogP contribution < -0.4 is 5.23 Å². The van der Waals surface area contributed by atoms with E-state index in [0.29, 0.717) is 16.7 Å². The van der Waals surface area contributed by atoms with Gasteiger partial charge in [-0.25, -0.2) is 0 Å². The summed E-state index contributed by atoms with van der Waals surface area (Å²) in [4.78, 5) is 11.5. The van der Waals surface area contributed by atoms with Crippen LogP contribution in [0, 0.1) is 10.1 Å². The summed E-state index contributed by atoms with van der Waals surface area (Å²) in [6, 6.07) is 10.3. The van der Waals surface area contributed by atoms with Gasteiger partial charge >= 0.3 is 0 Å². The molecule has 0 radical (unpaired) electrons. The van der Waals surface area contributed by atoms with Crippen molar-refractivity contribution in [3.8, 4) is 5.69 Å². The Hall–Kier alpha value is -3.04. The number of hydrogen-bond donors (Lipinski definition) is 2. The van der Waals surface area contributed by atoms with Gasteiger partial charge < -0.3 is 0 Å². The van der Waals surface area contributed by atoms with E-state index in [-0.39, 0.29) is 16.6 Å². The maximum atomic E-state index is 10.7. The third kappa shape index (κ3) is 2.38. The predicted octanol–water partition coefficient (Wildman–Crippen LogP) is 1.91. The molecule has 0 spiro atoms. The van der Waals surface area contributed by atoms with Crippen LogP contribution in [0.15, 0.2) is 42.5 Å². The maximum absolute atomic E-state index is 10.7. The van der Waals surface area contributed by atoms with Crippen LogP contribution in [0.2, 0.25) is 0 Å². The Morgan fingerprint density at radius 3 is 2.33 bits per heavy atom. The van der Waals surface area contributed by atoms with Crippen molar-refractivity contribution in [3.05, 3.63) is 52.6 Å². The highest BCUT2D eigenvalue weighted by Crippen LogP contribution is 2.20. The van der Waals surface area contributed by atoms with Gasteiger partial charge in [0.1, 0.15) is 11.0 Å². The van der Waals surface area contributed by atoms with Crippen LogP contribution in [-0.2, 0) is 0 Å². The van der Waals surface area contributed by atoms with Crippen LogP contribution in [0.5, 0.6) is 0 Å². The number of aromatic nitrogens is 3. The molecule has 2 aromatic carbocycles. The molecule has 2 N–H and O–H groups in total. The Morgan fingerprint density at radius 2 is 1.71 bits per heavy atom. The molecule has 0 aliphatic rings. The second kappa shape index (κ2) is 4.81. The average molecular weight is 287 g/mol. The van der Waals surface area contributed by atoms with Gasteiger partial charge in [0.2, 0.25) is 0 Å². The third-order valence-electron chi connectivity index (χ3n) is 2.89. The summed E-state index contributed by atoms with van der Waals surface area (Å²) >= 11 is 0. The summed E-state index contributed by atoms with van der Waals surface area (Å²) in [6.45, 7) is 0. The highest BCUT2D eigenvalue weighted by Gasteiger charge is 2.11. The van der Waals surface area contributed by atoms with Gasteiger partial charge in [0.25, 0.3) is 5.69 Å². The van der Waals surface area contributed by atoms with Gasteiger partial charge in [-0.3, -0.25) is 20.5 Å². The van der Waals surface area contributed by atoms with Crippen molar-refractivity contribution < 1.29 is 15.3 Å². The van der Waals surface area contributed by atoms with Crippen molar-refractivity contribution in [2.45, 2.75) is 0 Å². The summed E-state index contributed by atoms with van der Waals surface area (Å²) in [5.41, 5.74) is 1.64. The number of benzene rings is 2. The molecule has 0 saturated heterocycles. The van der Waals surface area contributed by atoms with Gasteiger partial charge in [-0.05, 0) is 30.3 Å². The summed E-state index contributed by atoms with van der Waals surface area (Å²) in [7, 11) is 0. The number of nitro groups is 1. The molecule has 0 saturated carbocycles. The van der Waals surface area contributed by atoms with Crippen molar-refractivity contribution in [2.75, 3.05) is 5.23 Å². The van der Waals surface area contributed by atoms with E-state index in [1.54, 1.807) is 12.1 Å². The molecule has 0 aliphatic heterocycles. The SMILES string of the molecule is O=[N+]([O-])c1ccc2nn(-c3ccc(N(O)O)cc3)nc2c1. The first-order valence-corrected chi connectivity index (χ1v) is 5.84. The molecule has 0 bridgehead atoms. The second-order valence-electron chi connectivity index (χ2n) is 4.23. The molecule has 3 rings (SSSR count). The van der Waals surface area contributed by atoms with E-state index in [2.05, 4.69) is 10.2 Å². The fraction of sp³-hybridized carbons (Fsp3) is 0. The fourth-order valence-corrected chi connectivity index (χ4v) is 1.85. The number of anilines is 1. The molecule has 0 aliphatic carbocycles. The Kier molecular flexibility index (Phi) is 2.97. The van der Waals surface area contributed by atoms with E-state index in [4.69, 9.17) is 10.4 Å². The Balaban J connectivity index is 2.02. The summed E-state index contributed by atoms with van der Waals surface area (Å²) in [6.07, 6.45) is 0. The van der Waals surface area contributed by atoms with Crippen LogP contribution in [-0.4, -0.2) is 30.3 Å². The zero-order valence-corrected chi connectivity index (χ0v) is 10.5. The lowest BCUT2D eigenvalue weighted by Gasteiger charge is -2.07. The first kappa shape index (κ1) is 13.0. The van der Waals surface area contributed by atoms with Crippen molar-refractivity contribution >= 4 is 22.4 Å². The number of fused-ring (bicyclic) bond motifs is 1. The molecule has 0 fully saturated rings. The van der Waals surface area contributed by atoms with Gasteiger partial charge in [0.05, 0.1) is 16.3 Å². The minimum absolute atomic E-state index is 0.000156. The van der Waals surface area contributed by atoms with Gasteiger partial charge in [0, 0.05) is 12.1 Å². The second-order valence-corrected chi connectivity index (χ2v) is 4.23. The lowest BCUT2D eigenvalue weighted by Crippen LogP contribution is -2.10. The molecule has 9 nitrogen and oxygen atoms in total. The van der Waals surface area contributed by atoms with Crippen LogP contribution in [0.25, 0.3) is 16.7 Å². The van der Waals surface area contributed by atoms with Crippen molar-refractivity contribution in [3.63, 3.8) is 0 Å². The normalized spacial score (nSPS) is 10.8. The van der Waals surface area contributed by atoms with Gasteiger partial charge in [-0.2, -0.15) is 4.80 Å². The standard InChI is InChI=1S/C12H9N5O4/c18-16(19)9-3-1-8(2-4-9)15-13-11-6-5-10(17(20)21)7-12(11)14-15/h1-7,18-19H. The molecular weight excluding hydrogens is 278 g/mol. The van der Waals surface area contributed by atoms with Crippen LogP contribution in [0.1, 0.15) is 0 Å². The molecule has 106 valence electrons. The Bertz CT molecular complexity index is 812.